The molecule has 0 aromatic heterocycles. The Bertz CT molecular complexity index is 189. The van der Waals surface area contributed by atoms with E-state index < -0.39 is 0 Å². The Balaban J connectivity index is 2.73. The molecule has 0 spiro atoms. The van der Waals surface area contributed by atoms with Gasteiger partial charge in [-0.05, 0) is 24.7 Å². The van der Waals surface area contributed by atoms with E-state index in [0.29, 0.717) is 5.41 Å². The molecule has 0 saturated carbocycles. The largest absolute Gasteiger partial charge is 0.0995 e. The summed E-state index contributed by atoms with van der Waals surface area (Å²) in [6, 6.07) is 0. The molecule has 0 aliphatic heterocycles. The molecule has 0 fully saturated rings. The van der Waals surface area contributed by atoms with Gasteiger partial charge in [-0.3, -0.25) is 0 Å². The number of rotatable bonds is 0. The lowest BCUT2D eigenvalue weighted by Gasteiger charge is -2.27. The number of hydrogen-bond acceptors (Lipinski definition) is 0. The lowest BCUT2D eigenvalue weighted by Crippen LogP contribution is -2.12. The van der Waals surface area contributed by atoms with E-state index in [1.165, 1.54) is 18.4 Å². The molecule has 0 aromatic rings. The molecule has 1 aliphatic carbocycles. The molecule has 0 nitrogen and oxygen atoms in total. The van der Waals surface area contributed by atoms with Crippen molar-refractivity contribution in [1.82, 2.24) is 0 Å². The molecule has 0 N–H and O–H groups in total. The molecule has 0 heterocycles. The molecular formula is C11H18. The van der Waals surface area contributed by atoms with E-state index in [9.17, 15) is 0 Å². The van der Waals surface area contributed by atoms with Crippen LogP contribution >= 0.6 is 0 Å². The van der Waals surface area contributed by atoms with Crippen molar-refractivity contribution >= 4 is 0 Å². The second-order valence-electron chi connectivity index (χ2n) is 4.44. The van der Waals surface area contributed by atoms with Crippen LogP contribution in [0.3, 0.4) is 0 Å². The Morgan fingerprint density at radius 3 is 2.36 bits per heavy atom. The van der Waals surface area contributed by atoms with Crippen LogP contribution in [0.2, 0.25) is 0 Å². The monoisotopic (exact) mass is 150 g/mol. The summed E-state index contributed by atoms with van der Waals surface area (Å²) in [4.78, 5) is 0. The summed E-state index contributed by atoms with van der Waals surface area (Å²) in [5, 5.41) is 0. The van der Waals surface area contributed by atoms with Crippen LogP contribution < -0.4 is 0 Å². The molecule has 0 amide bonds. The average molecular weight is 150 g/mol. The van der Waals surface area contributed by atoms with Gasteiger partial charge in [0.2, 0.25) is 0 Å². The van der Waals surface area contributed by atoms with Crippen LogP contribution in [0.5, 0.6) is 0 Å². The van der Waals surface area contributed by atoms with Gasteiger partial charge in [0.15, 0.2) is 0 Å². The van der Waals surface area contributed by atoms with Crippen molar-refractivity contribution in [3.63, 3.8) is 0 Å². The molecule has 0 radical (unpaired) electrons. The van der Waals surface area contributed by atoms with Gasteiger partial charge in [0.25, 0.3) is 0 Å². The minimum Gasteiger partial charge on any atom is -0.0995 e. The highest BCUT2D eigenvalue weighted by Crippen LogP contribution is 2.34. The van der Waals surface area contributed by atoms with E-state index in [1.807, 2.05) is 0 Å². The van der Waals surface area contributed by atoms with Gasteiger partial charge >= 0.3 is 0 Å². The zero-order valence-corrected chi connectivity index (χ0v) is 7.91. The first-order valence-electron chi connectivity index (χ1n) is 4.36. The van der Waals surface area contributed by atoms with Crippen LogP contribution in [0, 0.1) is 5.41 Å². The van der Waals surface area contributed by atoms with Gasteiger partial charge in [0.1, 0.15) is 0 Å². The van der Waals surface area contributed by atoms with E-state index in [4.69, 9.17) is 0 Å². The maximum atomic E-state index is 4.04. The Kier molecular flexibility index (Phi) is 2.22. The summed E-state index contributed by atoms with van der Waals surface area (Å²) in [7, 11) is 0. The van der Waals surface area contributed by atoms with Crippen LogP contribution in [-0.4, -0.2) is 0 Å². The SMILES string of the molecule is C=C1CCC=C(C(C)(C)C)C1. The first-order valence-corrected chi connectivity index (χ1v) is 4.36. The quantitative estimate of drug-likeness (QED) is 0.462. The van der Waals surface area contributed by atoms with Gasteiger partial charge in [0, 0.05) is 0 Å². The first kappa shape index (κ1) is 8.58. The standard InChI is InChI=1S/C11H18/c1-9-6-5-7-10(8-9)11(2,3)4/h7H,1,5-6,8H2,2-4H3. The molecule has 1 rings (SSSR count). The van der Waals surface area contributed by atoms with Crippen molar-refractivity contribution in [2.45, 2.75) is 40.0 Å². The van der Waals surface area contributed by atoms with Crippen molar-refractivity contribution in [2.75, 3.05) is 0 Å². The Hall–Kier alpha value is -0.520. The van der Waals surface area contributed by atoms with Crippen molar-refractivity contribution in [1.29, 1.82) is 0 Å². The maximum Gasteiger partial charge on any atom is -0.0106 e. The third-order valence-electron chi connectivity index (χ3n) is 2.29. The van der Waals surface area contributed by atoms with Gasteiger partial charge in [-0.1, -0.05) is 44.6 Å². The topological polar surface area (TPSA) is 0 Å². The summed E-state index contributed by atoms with van der Waals surface area (Å²) in [5.41, 5.74) is 3.31. The highest BCUT2D eigenvalue weighted by molar-refractivity contribution is 5.22. The summed E-state index contributed by atoms with van der Waals surface area (Å²) < 4.78 is 0. The minimum absolute atomic E-state index is 0.351. The normalized spacial score (nSPS) is 19.9. The highest BCUT2D eigenvalue weighted by Gasteiger charge is 2.19. The summed E-state index contributed by atoms with van der Waals surface area (Å²) >= 11 is 0. The van der Waals surface area contributed by atoms with Gasteiger partial charge in [-0.25, -0.2) is 0 Å². The van der Waals surface area contributed by atoms with E-state index in [2.05, 4.69) is 33.4 Å². The fourth-order valence-corrected chi connectivity index (χ4v) is 1.45. The predicted molar refractivity (Wildman–Crippen MR) is 50.5 cm³/mol. The number of allylic oxidation sites excluding steroid dienone is 3. The summed E-state index contributed by atoms with van der Waals surface area (Å²) in [6.07, 6.45) is 5.91. The van der Waals surface area contributed by atoms with Crippen LogP contribution in [0.15, 0.2) is 23.8 Å². The van der Waals surface area contributed by atoms with Crippen molar-refractivity contribution < 1.29 is 0 Å². The fourth-order valence-electron chi connectivity index (χ4n) is 1.45. The fraction of sp³-hybridized carbons (Fsp3) is 0.636. The van der Waals surface area contributed by atoms with Crippen molar-refractivity contribution in [3.05, 3.63) is 23.8 Å². The average Bonchev–Trinajstić information content (AvgIpc) is 1.86. The van der Waals surface area contributed by atoms with Crippen molar-refractivity contribution in [2.24, 2.45) is 5.41 Å². The first-order chi connectivity index (χ1) is 5.00. The van der Waals surface area contributed by atoms with Crippen LogP contribution in [0.25, 0.3) is 0 Å². The Labute approximate surface area is 70.0 Å². The van der Waals surface area contributed by atoms with Gasteiger partial charge in [-0.15, -0.1) is 0 Å². The molecular weight excluding hydrogens is 132 g/mol. The minimum atomic E-state index is 0.351. The molecule has 0 aromatic carbocycles. The molecule has 0 bridgehead atoms. The number of hydrogen-bond donors (Lipinski definition) is 0. The van der Waals surface area contributed by atoms with Crippen LogP contribution in [0.1, 0.15) is 40.0 Å². The van der Waals surface area contributed by atoms with Crippen LogP contribution in [0.4, 0.5) is 0 Å². The lowest BCUT2D eigenvalue weighted by atomic mass is 9.79. The second-order valence-corrected chi connectivity index (χ2v) is 4.44. The second kappa shape index (κ2) is 2.84. The maximum absolute atomic E-state index is 4.04. The summed E-state index contributed by atoms with van der Waals surface area (Å²) in [6.45, 7) is 10.9. The van der Waals surface area contributed by atoms with Gasteiger partial charge < -0.3 is 0 Å². The zero-order chi connectivity index (χ0) is 8.48. The third kappa shape index (κ3) is 2.21. The van der Waals surface area contributed by atoms with Gasteiger partial charge in [0.05, 0.1) is 0 Å². The Morgan fingerprint density at radius 2 is 2.00 bits per heavy atom. The molecule has 62 valence electrons. The van der Waals surface area contributed by atoms with E-state index >= 15 is 0 Å². The van der Waals surface area contributed by atoms with Gasteiger partial charge in [-0.2, -0.15) is 0 Å². The lowest BCUT2D eigenvalue weighted by molar-refractivity contribution is 0.481. The van der Waals surface area contributed by atoms with E-state index in [0.717, 1.165) is 6.42 Å². The molecule has 1 aliphatic rings. The molecule has 0 unspecified atom stereocenters. The molecule has 0 heteroatoms. The molecule has 0 atom stereocenters. The van der Waals surface area contributed by atoms with E-state index in [-0.39, 0.29) is 0 Å². The predicted octanol–water partition coefficient (Wildman–Crippen LogP) is 3.70. The Morgan fingerprint density at radius 1 is 1.36 bits per heavy atom. The highest BCUT2D eigenvalue weighted by atomic mass is 14.2. The smallest absolute Gasteiger partial charge is 0.0106 e. The zero-order valence-electron chi connectivity index (χ0n) is 7.91. The third-order valence-corrected chi connectivity index (χ3v) is 2.29. The molecule has 11 heavy (non-hydrogen) atoms. The summed E-state index contributed by atoms with van der Waals surface area (Å²) in [5.74, 6) is 0. The van der Waals surface area contributed by atoms with E-state index in [1.54, 1.807) is 5.57 Å². The molecule has 0 saturated heterocycles. The van der Waals surface area contributed by atoms with Crippen molar-refractivity contribution in [3.8, 4) is 0 Å². The van der Waals surface area contributed by atoms with Crippen LogP contribution in [-0.2, 0) is 0 Å².